The van der Waals surface area contributed by atoms with Crippen molar-refractivity contribution in [2.24, 2.45) is 5.92 Å². The Morgan fingerprint density at radius 3 is 2.42 bits per heavy atom. The Hall–Kier alpha value is -1.91. The molecule has 0 unspecified atom stereocenters. The summed E-state index contributed by atoms with van der Waals surface area (Å²) in [4.78, 5) is 26.6. The minimum Gasteiger partial charge on any atom is -0.353 e. The van der Waals surface area contributed by atoms with Crippen LogP contribution in [0.15, 0.2) is 24.3 Å². The number of hydrogen-bond acceptors (Lipinski definition) is 2. The number of carbonyl (C=O) groups is 2. The Morgan fingerprint density at radius 1 is 1.08 bits per heavy atom. The van der Waals surface area contributed by atoms with Gasteiger partial charge in [-0.2, -0.15) is 0 Å². The topological polar surface area (TPSA) is 49.4 Å². The van der Waals surface area contributed by atoms with Crippen LogP contribution in [0.1, 0.15) is 56.9 Å². The van der Waals surface area contributed by atoms with Gasteiger partial charge in [0.2, 0.25) is 11.8 Å². The first-order valence-corrected chi connectivity index (χ1v) is 9.94. The number of nitrogens with one attached hydrogen (secondary N) is 1. The first-order chi connectivity index (χ1) is 12.6. The molecule has 26 heavy (non-hydrogen) atoms. The average molecular weight is 360 g/mol. The lowest BCUT2D eigenvalue weighted by atomic mass is 9.96. The fraction of sp³-hybridized carbons (Fsp3) is 0.619. The molecule has 3 rings (SSSR count). The van der Waals surface area contributed by atoms with Gasteiger partial charge in [-0.15, -0.1) is 0 Å². The minimum absolute atomic E-state index is 0.0354. The largest absolute Gasteiger partial charge is 0.353 e. The van der Waals surface area contributed by atoms with Crippen LogP contribution in [-0.2, 0) is 16.0 Å². The summed E-state index contributed by atoms with van der Waals surface area (Å²) in [7, 11) is 0. The summed E-state index contributed by atoms with van der Waals surface area (Å²) in [5.41, 5.74) is 1.00. The van der Waals surface area contributed by atoms with Gasteiger partial charge in [0.15, 0.2) is 0 Å². The molecular weight excluding hydrogens is 331 g/mol. The molecule has 1 N–H and O–H groups in total. The highest BCUT2D eigenvalue weighted by Crippen LogP contribution is 2.21. The molecule has 1 saturated heterocycles. The van der Waals surface area contributed by atoms with Crippen molar-refractivity contribution in [3.05, 3.63) is 35.6 Å². The van der Waals surface area contributed by atoms with Gasteiger partial charge in [-0.1, -0.05) is 44.2 Å². The summed E-state index contributed by atoms with van der Waals surface area (Å²) < 4.78 is 13.0. The van der Waals surface area contributed by atoms with Gasteiger partial charge in [0, 0.05) is 25.6 Å². The first-order valence-electron chi connectivity index (χ1n) is 9.94. The zero-order valence-corrected chi connectivity index (χ0v) is 15.4. The summed E-state index contributed by atoms with van der Waals surface area (Å²) in [6.45, 7) is 1.08. The Labute approximate surface area is 155 Å². The van der Waals surface area contributed by atoms with E-state index in [9.17, 15) is 14.0 Å². The van der Waals surface area contributed by atoms with Crippen molar-refractivity contribution in [2.75, 3.05) is 13.1 Å². The zero-order valence-electron chi connectivity index (χ0n) is 15.4. The number of nitrogens with zero attached hydrogens (tertiary/aromatic N) is 1. The maximum Gasteiger partial charge on any atom is 0.225 e. The smallest absolute Gasteiger partial charge is 0.225 e. The Bertz CT molecular complexity index is 609. The molecule has 1 aliphatic carbocycles. The van der Waals surface area contributed by atoms with Gasteiger partial charge in [-0.05, 0) is 37.0 Å². The number of rotatable bonds is 5. The van der Waals surface area contributed by atoms with Crippen LogP contribution in [0.5, 0.6) is 0 Å². The molecule has 1 heterocycles. The van der Waals surface area contributed by atoms with Crippen molar-refractivity contribution in [1.82, 2.24) is 10.2 Å². The number of carbonyl (C=O) groups excluding carboxylic acids is 2. The predicted octanol–water partition coefficient (Wildman–Crippen LogP) is 3.45. The number of hydrogen-bond donors (Lipinski definition) is 1. The normalized spacial score (nSPS) is 22.1. The highest BCUT2D eigenvalue weighted by Gasteiger charge is 2.34. The Morgan fingerprint density at radius 2 is 1.73 bits per heavy atom. The van der Waals surface area contributed by atoms with E-state index >= 15 is 0 Å². The van der Waals surface area contributed by atoms with Gasteiger partial charge in [-0.25, -0.2) is 4.39 Å². The average Bonchev–Trinajstić information content (AvgIpc) is 2.98. The summed E-state index contributed by atoms with van der Waals surface area (Å²) in [6.07, 6.45) is 9.28. The van der Waals surface area contributed by atoms with Crippen molar-refractivity contribution < 1.29 is 14.0 Å². The summed E-state index contributed by atoms with van der Waals surface area (Å²) in [6, 6.07) is 6.63. The molecule has 142 valence electrons. The summed E-state index contributed by atoms with van der Waals surface area (Å²) >= 11 is 0. The lowest BCUT2D eigenvalue weighted by Gasteiger charge is -2.23. The Kier molecular flexibility index (Phi) is 6.64. The van der Waals surface area contributed by atoms with Crippen LogP contribution in [-0.4, -0.2) is 35.8 Å². The third-order valence-corrected chi connectivity index (χ3v) is 5.62. The van der Waals surface area contributed by atoms with Gasteiger partial charge in [-0.3, -0.25) is 9.59 Å². The highest BCUT2D eigenvalue weighted by atomic mass is 19.1. The van der Waals surface area contributed by atoms with E-state index in [1.165, 1.54) is 44.2 Å². The lowest BCUT2D eigenvalue weighted by Crippen LogP contribution is -2.40. The van der Waals surface area contributed by atoms with Crippen LogP contribution in [0.25, 0.3) is 0 Å². The minimum atomic E-state index is -0.253. The maximum atomic E-state index is 13.0. The number of amides is 2. The van der Waals surface area contributed by atoms with E-state index in [4.69, 9.17) is 0 Å². The molecule has 0 bridgehead atoms. The monoisotopic (exact) mass is 360 g/mol. The number of halogens is 1. The highest BCUT2D eigenvalue weighted by molar-refractivity contribution is 5.89. The van der Waals surface area contributed by atoms with Crippen LogP contribution in [0.3, 0.4) is 0 Å². The molecule has 1 aliphatic heterocycles. The molecule has 4 nitrogen and oxygen atoms in total. The van der Waals surface area contributed by atoms with Gasteiger partial charge in [0.1, 0.15) is 5.82 Å². The summed E-state index contributed by atoms with van der Waals surface area (Å²) in [5.74, 6) is -0.406. The van der Waals surface area contributed by atoms with Gasteiger partial charge < -0.3 is 10.2 Å². The first kappa shape index (κ1) is 18.9. The fourth-order valence-corrected chi connectivity index (χ4v) is 4.00. The molecular formula is C21H29FN2O2. The van der Waals surface area contributed by atoms with Crippen molar-refractivity contribution in [3.8, 4) is 0 Å². The third-order valence-electron chi connectivity index (χ3n) is 5.62. The van der Waals surface area contributed by atoms with Crippen LogP contribution < -0.4 is 5.32 Å². The fourth-order valence-electron chi connectivity index (χ4n) is 4.00. The molecule has 2 amide bonds. The van der Waals surface area contributed by atoms with E-state index < -0.39 is 0 Å². The van der Waals surface area contributed by atoms with Crippen molar-refractivity contribution in [3.63, 3.8) is 0 Å². The molecule has 0 radical (unpaired) electrons. The Balaban J connectivity index is 1.46. The van der Waals surface area contributed by atoms with E-state index in [1.54, 1.807) is 17.0 Å². The van der Waals surface area contributed by atoms with Crippen molar-refractivity contribution >= 4 is 11.8 Å². The lowest BCUT2D eigenvalue weighted by molar-refractivity contribution is -0.129. The second kappa shape index (κ2) is 9.15. The second-order valence-corrected chi connectivity index (χ2v) is 7.67. The van der Waals surface area contributed by atoms with Gasteiger partial charge in [0.25, 0.3) is 0 Å². The maximum absolute atomic E-state index is 13.0. The van der Waals surface area contributed by atoms with E-state index in [0.717, 1.165) is 18.4 Å². The van der Waals surface area contributed by atoms with E-state index in [-0.39, 0.29) is 29.6 Å². The molecule has 1 aromatic rings. The second-order valence-electron chi connectivity index (χ2n) is 7.67. The number of benzene rings is 1. The molecule has 1 saturated carbocycles. The molecule has 2 aliphatic rings. The molecule has 1 atom stereocenters. The summed E-state index contributed by atoms with van der Waals surface area (Å²) in [5, 5.41) is 3.19. The van der Waals surface area contributed by atoms with Gasteiger partial charge in [0.05, 0.1) is 5.92 Å². The van der Waals surface area contributed by atoms with Crippen LogP contribution in [0.2, 0.25) is 0 Å². The molecule has 2 fully saturated rings. The van der Waals surface area contributed by atoms with Gasteiger partial charge >= 0.3 is 0 Å². The standard InChI is InChI=1S/C21H29FN2O2/c22-18-10-8-16(9-11-18)12-13-24-15-17(14-20(24)25)21(26)23-19-6-4-2-1-3-5-7-19/h8-11,17,19H,1-7,12-15H2,(H,23,26)/t17-/m1/s1. The van der Waals surface area contributed by atoms with Crippen LogP contribution in [0.4, 0.5) is 4.39 Å². The van der Waals surface area contributed by atoms with Crippen LogP contribution >= 0.6 is 0 Å². The van der Waals surface area contributed by atoms with Crippen molar-refractivity contribution in [1.29, 1.82) is 0 Å². The predicted molar refractivity (Wildman–Crippen MR) is 99.0 cm³/mol. The zero-order chi connectivity index (χ0) is 18.4. The number of likely N-dealkylation sites (tertiary alicyclic amines) is 1. The molecule has 1 aromatic carbocycles. The SMILES string of the molecule is O=C(NC1CCCCCCC1)[C@@H]1CC(=O)N(CCc2ccc(F)cc2)C1. The van der Waals surface area contributed by atoms with Crippen molar-refractivity contribution in [2.45, 2.75) is 63.8 Å². The van der Waals surface area contributed by atoms with E-state index in [1.807, 2.05) is 0 Å². The third kappa shape index (κ3) is 5.29. The molecule has 5 heteroatoms. The van der Waals surface area contributed by atoms with Crippen LogP contribution in [0, 0.1) is 11.7 Å². The quantitative estimate of drug-likeness (QED) is 0.874. The van der Waals surface area contributed by atoms with E-state index in [0.29, 0.717) is 25.9 Å². The van der Waals surface area contributed by atoms with E-state index in [2.05, 4.69) is 5.32 Å². The molecule has 0 aromatic heterocycles. The molecule has 0 spiro atoms.